The maximum Gasteiger partial charge on any atom is 0.339 e. The highest BCUT2D eigenvalue weighted by Crippen LogP contribution is 2.26. The Morgan fingerprint density at radius 1 is 1.39 bits per heavy atom. The third-order valence-corrected chi connectivity index (χ3v) is 2.28. The van der Waals surface area contributed by atoms with Crippen molar-refractivity contribution in [2.75, 3.05) is 0 Å². The molecule has 0 aliphatic carbocycles. The highest BCUT2D eigenvalue weighted by atomic mass is 35.5. The number of hydrogen-bond acceptors (Lipinski definition) is 4. The molecule has 1 aromatic heterocycles. The molecular weight excluding hydrogens is 260 g/mol. The summed E-state index contributed by atoms with van der Waals surface area (Å²) in [5.74, 6) is -1.15. The van der Waals surface area contributed by atoms with E-state index in [1.807, 2.05) is 0 Å². The van der Waals surface area contributed by atoms with Gasteiger partial charge in [-0.2, -0.15) is 0 Å². The van der Waals surface area contributed by atoms with Gasteiger partial charge in [-0.05, 0) is 12.1 Å². The fourth-order valence-electron chi connectivity index (χ4n) is 1.28. The number of aromatic nitrogens is 2. The number of hydrogen-bond donors (Lipinski definition) is 2. The number of nitrogens with zero attached hydrogens (tertiary/aromatic N) is 1. The molecule has 0 bridgehead atoms. The molecule has 18 heavy (non-hydrogen) atoms. The minimum Gasteiger partial charge on any atom is -0.478 e. The predicted octanol–water partition coefficient (Wildman–Crippen LogP) is 1.91. The summed E-state index contributed by atoms with van der Waals surface area (Å²) in [6, 6.07) is 5.19. The van der Waals surface area contributed by atoms with E-state index < -0.39 is 11.5 Å². The molecule has 0 radical (unpaired) electrons. The molecule has 0 saturated heterocycles. The van der Waals surface area contributed by atoms with E-state index in [0.717, 1.165) is 12.4 Å². The van der Waals surface area contributed by atoms with Crippen LogP contribution in [-0.2, 0) is 0 Å². The lowest BCUT2D eigenvalue weighted by Gasteiger charge is -2.07. The van der Waals surface area contributed by atoms with E-state index in [-0.39, 0.29) is 17.2 Å². The lowest BCUT2D eigenvalue weighted by molar-refractivity contribution is 0.0694. The van der Waals surface area contributed by atoms with Gasteiger partial charge in [-0.25, -0.2) is 9.78 Å². The van der Waals surface area contributed by atoms with Crippen LogP contribution in [0.5, 0.6) is 11.6 Å². The van der Waals surface area contributed by atoms with Crippen molar-refractivity contribution in [3.63, 3.8) is 0 Å². The molecule has 0 amide bonds. The van der Waals surface area contributed by atoms with Gasteiger partial charge in [-0.3, -0.25) is 4.79 Å². The van der Waals surface area contributed by atoms with Crippen molar-refractivity contribution in [3.8, 4) is 11.6 Å². The van der Waals surface area contributed by atoms with Crippen LogP contribution in [0.1, 0.15) is 10.4 Å². The first-order valence-corrected chi connectivity index (χ1v) is 5.19. The number of ether oxygens (including phenoxy) is 1. The first-order chi connectivity index (χ1) is 8.56. The van der Waals surface area contributed by atoms with Gasteiger partial charge in [0.2, 0.25) is 5.88 Å². The largest absolute Gasteiger partial charge is 0.478 e. The smallest absolute Gasteiger partial charge is 0.339 e. The summed E-state index contributed by atoms with van der Waals surface area (Å²) in [5.41, 5.74) is -0.472. The third kappa shape index (κ3) is 2.67. The number of rotatable bonds is 3. The number of H-pyrrole nitrogens is 1. The van der Waals surface area contributed by atoms with Crippen molar-refractivity contribution in [2.45, 2.75) is 0 Å². The Kier molecular flexibility index (Phi) is 3.29. The number of halogens is 1. The Bertz CT molecular complexity index is 653. The molecule has 1 aromatic carbocycles. The van der Waals surface area contributed by atoms with Gasteiger partial charge in [0.05, 0.1) is 12.4 Å². The normalized spacial score (nSPS) is 10.1. The zero-order chi connectivity index (χ0) is 13.1. The molecular formula is C11H7ClN2O4. The van der Waals surface area contributed by atoms with Gasteiger partial charge in [0.25, 0.3) is 5.56 Å². The molecule has 7 heteroatoms. The average Bonchev–Trinajstić information content (AvgIpc) is 2.28. The van der Waals surface area contributed by atoms with E-state index in [0.29, 0.717) is 5.02 Å². The van der Waals surface area contributed by atoms with Crippen LogP contribution >= 0.6 is 11.6 Å². The van der Waals surface area contributed by atoms with Crippen LogP contribution in [0.15, 0.2) is 35.4 Å². The zero-order valence-corrected chi connectivity index (χ0v) is 9.64. The summed E-state index contributed by atoms with van der Waals surface area (Å²) in [7, 11) is 0. The Balaban J connectivity index is 2.42. The maximum atomic E-state index is 11.0. The summed E-state index contributed by atoms with van der Waals surface area (Å²) < 4.78 is 5.24. The number of nitrogens with one attached hydrogen (secondary N) is 1. The number of carbonyl (C=O) groups is 1. The third-order valence-electron chi connectivity index (χ3n) is 2.04. The molecule has 0 spiro atoms. The van der Waals surface area contributed by atoms with Crippen LogP contribution < -0.4 is 10.3 Å². The van der Waals surface area contributed by atoms with Crippen molar-refractivity contribution < 1.29 is 14.6 Å². The minimum absolute atomic E-state index is 0.0106. The van der Waals surface area contributed by atoms with Gasteiger partial charge >= 0.3 is 5.97 Å². The predicted molar refractivity (Wildman–Crippen MR) is 63.3 cm³/mol. The fourth-order valence-corrected chi connectivity index (χ4v) is 1.44. The molecule has 1 heterocycles. The van der Waals surface area contributed by atoms with Crippen LogP contribution in [0.4, 0.5) is 0 Å². The molecule has 6 nitrogen and oxygen atoms in total. The summed E-state index contributed by atoms with van der Waals surface area (Å²) in [6.07, 6.45) is 1.16. The second-order valence-corrected chi connectivity index (χ2v) is 3.73. The molecule has 2 aromatic rings. The number of carboxylic acid groups (broad SMARTS) is 1. The standard InChI is InChI=1S/C11H7ClN2O4/c12-6-1-2-7(11(16)17)8(3-6)18-10-4-9(15)13-5-14-10/h1-5H,(H,16,17)(H,13,14,15). The number of aromatic carboxylic acids is 1. The van der Waals surface area contributed by atoms with Crippen LogP contribution in [-0.4, -0.2) is 21.0 Å². The van der Waals surface area contributed by atoms with Crippen LogP contribution in [0.2, 0.25) is 5.02 Å². The second-order valence-electron chi connectivity index (χ2n) is 3.30. The molecule has 0 aliphatic rings. The average molecular weight is 267 g/mol. The Labute approximate surface area is 106 Å². The van der Waals surface area contributed by atoms with Crippen molar-refractivity contribution in [2.24, 2.45) is 0 Å². The number of carboxylic acids is 1. The minimum atomic E-state index is -1.16. The Hall–Kier alpha value is -2.34. The van der Waals surface area contributed by atoms with Crippen molar-refractivity contribution in [3.05, 3.63) is 51.5 Å². The summed E-state index contributed by atoms with van der Waals surface area (Å²) in [6.45, 7) is 0. The van der Waals surface area contributed by atoms with E-state index in [4.69, 9.17) is 21.4 Å². The SMILES string of the molecule is O=C(O)c1ccc(Cl)cc1Oc1cc(=O)[nH]cn1. The molecule has 0 saturated carbocycles. The highest BCUT2D eigenvalue weighted by Gasteiger charge is 2.13. The monoisotopic (exact) mass is 266 g/mol. The van der Waals surface area contributed by atoms with Gasteiger partial charge in [0.1, 0.15) is 11.3 Å². The van der Waals surface area contributed by atoms with Gasteiger partial charge in [-0.15, -0.1) is 0 Å². The Morgan fingerprint density at radius 2 is 2.17 bits per heavy atom. The second kappa shape index (κ2) is 4.89. The van der Waals surface area contributed by atoms with Gasteiger partial charge in [-0.1, -0.05) is 11.6 Å². The van der Waals surface area contributed by atoms with Crippen molar-refractivity contribution >= 4 is 17.6 Å². The molecule has 2 rings (SSSR count). The number of benzene rings is 1. The van der Waals surface area contributed by atoms with Crippen LogP contribution in [0.25, 0.3) is 0 Å². The first kappa shape index (κ1) is 12.1. The van der Waals surface area contributed by atoms with E-state index in [2.05, 4.69) is 9.97 Å². The summed E-state index contributed by atoms with van der Waals surface area (Å²) >= 11 is 5.76. The van der Waals surface area contributed by atoms with Crippen molar-refractivity contribution in [1.29, 1.82) is 0 Å². The maximum absolute atomic E-state index is 11.0. The topological polar surface area (TPSA) is 92.3 Å². The Morgan fingerprint density at radius 3 is 2.83 bits per heavy atom. The van der Waals surface area contributed by atoms with Crippen LogP contribution in [0.3, 0.4) is 0 Å². The van der Waals surface area contributed by atoms with Gasteiger partial charge < -0.3 is 14.8 Å². The fraction of sp³-hybridized carbons (Fsp3) is 0. The number of aromatic amines is 1. The van der Waals surface area contributed by atoms with Gasteiger partial charge in [0, 0.05) is 11.1 Å². The molecule has 2 N–H and O–H groups in total. The van der Waals surface area contributed by atoms with Gasteiger partial charge in [0.15, 0.2) is 0 Å². The molecule has 0 unspecified atom stereocenters. The lowest BCUT2D eigenvalue weighted by Crippen LogP contribution is -2.06. The molecule has 92 valence electrons. The lowest BCUT2D eigenvalue weighted by atomic mass is 10.2. The van der Waals surface area contributed by atoms with E-state index in [1.165, 1.54) is 18.2 Å². The first-order valence-electron chi connectivity index (χ1n) is 4.81. The quantitative estimate of drug-likeness (QED) is 0.885. The van der Waals surface area contributed by atoms with E-state index in [9.17, 15) is 9.59 Å². The highest BCUT2D eigenvalue weighted by molar-refractivity contribution is 6.30. The molecule has 0 fully saturated rings. The molecule has 0 atom stereocenters. The summed E-state index contributed by atoms with van der Waals surface area (Å²) in [4.78, 5) is 28.1. The van der Waals surface area contributed by atoms with Crippen LogP contribution in [0, 0.1) is 0 Å². The van der Waals surface area contributed by atoms with Crippen molar-refractivity contribution in [1.82, 2.24) is 9.97 Å². The van der Waals surface area contributed by atoms with E-state index >= 15 is 0 Å². The van der Waals surface area contributed by atoms with E-state index in [1.54, 1.807) is 0 Å². The zero-order valence-electron chi connectivity index (χ0n) is 8.88. The molecule has 0 aliphatic heterocycles. The summed E-state index contributed by atoms with van der Waals surface area (Å²) in [5, 5.41) is 9.30.